The molecule has 3 aliphatic carbocycles. The zero-order valence-electron chi connectivity index (χ0n) is 21.0. The molecular formula is C29H27F3N2O4S. The number of thiazole rings is 1. The number of aliphatic hydroxyl groups is 1. The lowest BCUT2D eigenvalue weighted by atomic mass is 9.73. The number of rotatable bonds is 8. The van der Waals surface area contributed by atoms with Gasteiger partial charge in [0.15, 0.2) is 0 Å². The zero-order valence-corrected chi connectivity index (χ0v) is 21.8. The summed E-state index contributed by atoms with van der Waals surface area (Å²) in [6.07, 6.45) is 4.87. The molecule has 3 fully saturated rings. The normalized spacial score (nSPS) is 26.5. The third-order valence-corrected chi connectivity index (χ3v) is 9.66. The molecule has 2 aromatic heterocycles. The summed E-state index contributed by atoms with van der Waals surface area (Å²) in [5, 5.41) is 16.7. The van der Waals surface area contributed by atoms with Gasteiger partial charge in [-0.1, -0.05) is 23.4 Å². The first kappa shape index (κ1) is 25.0. The van der Waals surface area contributed by atoms with Gasteiger partial charge in [-0.15, -0.1) is 11.3 Å². The van der Waals surface area contributed by atoms with Gasteiger partial charge in [0.2, 0.25) is 0 Å². The highest BCUT2D eigenvalue weighted by Crippen LogP contribution is 2.57. The largest absolute Gasteiger partial charge is 0.434 e. The van der Waals surface area contributed by atoms with Crippen LogP contribution in [-0.4, -0.2) is 28.0 Å². The Labute approximate surface area is 226 Å². The molecule has 3 aliphatic rings. The fourth-order valence-corrected chi connectivity index (χ4v) is 7.70. The number of para-hydroxylation sites is 2. The summed E-state index contributed by atoms with van der Waals surface area (Å²) in [5.41, 5.74) is 0.876. The van der Waals surface area contributed by atoms with E-state index in [2.05, 4.69) is 10.1 Å². The van der Waals surface area contributed by atoms with Crippen molar-refractivity contribution < 1.29 is 32.3 Å². The molecule has 0 spiro atoms. The van der Waals surface area contributed by atoms with E-state index in [1.54, 1.807) is 24.3 Å². The van der Waals surface area contributed by atoms with Crippen LogP contribution in [0.4, 0.5) is 13.2 Å². The summed E-state index contributed by atoms with van der Waals surface area (Å²) in [6, 6.07) is 11.5. The minimum absolute atomic E-state index is 0.0393. The lowest BCUT2D eigenvalue weighted by Crippen LogP contribution is -2.44. The quantitative estimate of drug-likeness (QED) is 0.248. The summed E-state index contributed by atoms with van der Waals surface area (Å²) in [5.74, 6) is 0.561. The lowest BCUT2D eigenvalue weighted by molar-refractivity contribution is -0.116. The molecule has 10 heteroatoms. The Morgan fingerprint density at radius 2 is 1.82 bits per heavy atom. The average molecular weight is 557 g/mol. The first-order valence-corrected chi connectivity index (χ1v) is 14.2. The molecule has 2 bridgehead atoms. The topological polar surface area (TPSA) is 77.6 Å². The Bertz CT molecular complexity index is 1500. The number of fused-ring (bicyclic) bond motifs is 3. The van der Waals surface area contributed by atoms with E-state index in [-0.39, 0.29) is 42.0 Å². The summed E-state index contributed by atoms with van der Waals surface area (Å²) in [7, 11) is 0. The van der Waals surface area contributed by atoms with Crippen molar-refractivity contribution in [2.75, 3.05) is 0 Å². The highest BCUT2D eigenvalue weighted by molar-refractivity contribution is 7.18. The van der Waals surface area contributed by atoms with E-state index >= 15 is 0 Å². The Morgan fingerprint density at radius 1 is 1.05 bits per heavy atom. The maximum absolute atomic E-state index is 14.3. The second-order valence-electron chi connectivity index (χ2n) is 10.8. The lowest BCUT2D eigenvalue weighted by Gasteiger charge is -2.41. The molecule has 4 aromatic rings. The second-order valence-corrected chi connectivity index (χ2v) is 11.9. The molecule has 3 saturated carbocycles. The average Bonchev–Trinajstić information content (AvgIpc) is 3.48. The van der Waals surface area contributed by atoms with Crippen LogP contribution >= 0.6 is 11.3 Å². The minimum atomic E-state index is -2.95. The monoisotopic (exact) mass is 556 g/mol. The number of hydrogen-bond donors (Lipinski definition) is 1. The van der Waals surface area contributed by atoms with Crippen molar-refractivity contribution in [3.8, 4) is 17.0 Å². The van der Waals surface area contributed by atoms with Crippen LogP contribution in [0.1, 0.15) is 60.8 Å². The van der Waals surface area contributed by atoms with Gasteiger partial charge >= 0.3 is 6.61 Å². The van der Waals surface area contributed by atoms with Crippen molar-refractivity contribution in [3.63, 3.8) is 0 Å². The molecular weight excluding hydrogens is 529 g/mol. The Hall–Kier alpha value is -2.95. The molecule has 4 atom stereocenters. The number of ether oxygens (including phenoxy) is 2. The van der Waals surface area contributed by atoms with Crippen molar-refractivity contribution in [1.82, 2.24) is 10.1 Å². The number of aromatic nitrogens is 2. The van der Waals surface area contributed by atoms with Crippen LogP contribution in [0, 0.1) is 17.7 Å². The number of halogens is 3. The molecule has 39 heavy (non-hydrogen) atoms. The van der Waals surface area contributed by atoms with Gasteiger partial charge in [-0.2, -0.15) is 8.78 Å². The summed E-state index contributed by atoms with van der Waals surface area (Å²) < 4.78 is 58.1. The number of nitrogens with zero attached hydrogens (tertiary/aromatic N) is 2. The van der Waals surface area contributed by atoms with Gasteiger partial charge in [0.1, 0.15) is 39.1 Å². The standard InChI is InChI=1S/C29H27F3N2O4S/c30-21-5-3-7-23-25(21)33-27(39-23)29(35)16-10-11-17(29)13-18(12-16)36-14-20-24(34-38-26(20)15-8-9-15)19-4-1-2-6-22(19)37-28(31)32/h1-7,15-18,28,35H,8-14H2/t16-,17+,18?,29?. The third-order valence-electron chi connectivity index (χ3n) is 8.50. The highest BCUT2D eigenvalue weighted by atomic mass is 32.1. The summed E-state index contributed by atoms with van der Waals surface area (Å²) in [4.78, 5) is 4.54. The Balaban J connectivity index is 1.12. The van der Waals surface area contributed by atoms with Gasteiger partial charge in [0.25, 0.3) is 0 Å². The SMILES string of the molecule is OC1(c2nc3c(F)cccc3s2)[C@@H]2CC[C@H]1CC(OCc1c(-c3ccccc3OC(F)F)noc1C1CC1)C2. The van der Waals surface area contributed by atoms with Crippen molar-refractivity contribution in [3.05, 3.63) is 64.6 Å². The van der Waals surface area contributed by atoms with Gasteiger partial charge < -0.3 is 19.1 Å². The Morgan fingerprint density at radius 3 is 2.54 bits per heavy atom. The molecule has 6 nitrogen and oxygen atoms in total. The van der Waals surface area contributed by atoms with Crippen LogP contribution in [0.3, 0.4) is 0 Å². The van der Waals surface area contributed by atoms with E-state index in [0.29, 0.717) is 34.6 Å². The maximum atomic E-state index is 14.3. The van der Waals surface area contributed by atoms with Crippen molar-refractivity contribution in [1.29, 1.82) is 0 Å². The second kappa shape index (κ2) is 9.60. The van der Waals surface area contributed by atoms with Gasteiger partial charge in [0, 0.05) is 17.0 Å². The zero-order chi connectivity index (χ0) is 26.7. The molecule has 7 rings (SSSR count). The smallest absolute Gasteiger partial charge is 0.387 e. The van der Waals surface area contributed by atoms with Crippen molar-refractivity contribution >= 4 is 21.6 Å². The van der Waals surface area contributed by atoms with Gasteiger partial charge in [0.05, 0.1) is 17.4 Å². The number of benzene rings is 2. The molecule has 1 N–H and O–H groups in total. The molecule has 204 valence electrons. The predicted molar refractivity (Wildman–Crippen MR) is 138 cm³/mol. The van der Waals surface area contributed by atoms with Gasteiger partial charge in [-0.25, -0.2) is 9.37 Å². The summed E-state index contributed by atoms with van der Waals surface area (Å²) in [6.45, 7) is -2.73. The van der Waals surface area contributed by atoms with E-state index in [1.165, 1.54) is 23.5 Å². The van der Waals surface area contributed by atoms with Crippen LogP contribution in [-0.2, 0) is 16.9 Å². The van der Waals surface area contributed by atoms with Crippen LogP contribution in [0.5, 0.6) is 5.75 Å². The highest BCUT2D eigenvalue weighted by Gasteiger charge is 2.56. The number of alkyl halides is 2. The van der Waals surface area contributed by atoms with Gasteiger partial charge in [-0.05, 0) is 74.6 Å². The minimum Gasteiger partial charge on any atom is -0.434 e. The van der Waals surface area contributed by atoms with Crippen LogP contribution < -0.4 is 4.74 Å². The Kier molecular flexibility index (Phi) is 6.17. The van der Waals surface area contributed by atoms with Crippen LogP contribution in [0.2, 0.25) is 0 Å². The van der Waals surface area contributed by atoms with Gasteiger partial charge in [-0.3, -0.25) is 0 Å². The van der Waals surface area contributed by atoms with E-state index in [9.17, 15) is 18.3 Å². The molecule has 0 radical (unpaired) electrons. The van der Waals surface area contributed by atoms with Crippen molar-refractivity contribution in [2.24, 2.45) is 11.8 Å². The molecule has 0 saturated heterocycles. The predicted octanol–water partition coefficient (Wildman–Crippen LogP) is 7.16. The van der Waals surface area contributed by atoms with Crippen LogP contribution in [0.25, 0.3) is 21.5 Å². The van der Waals surface area contributed by atoms with E-state index < -0.39 is 12.2 Å². The first-order chi connectivity index (χ1) is 18.9. The summed E-state index contributed by atoms with van der Waals surface area (Å²) >= 11 is 1.37. The van der Waals surface area contributed by atoms with Crippen molar-refractivity contribution in [2.45, 2.75) is 69.4 Å². The number of hydrogen-bond acceptors (Lipinski definition) is 7. The molecule has 0 aliphatic heterocycles. The van der Waals surface area contributed by atoms with E-state index in [0.717, 1.165) is 41.7 Å². The van der Waals surface area contributed by atoms with E-state index in [4.69, 9.17) is 14.0 Å². The third kappa shape index (κ3) is 4.33. The van der Waals surface area contributed by atoms with Crippen LogP contribution in [0.15, 0.2) is 47.0 Å². The molecule has 2 unspecified atom stereocenters. The maximum Gasteiger partial charge on any atom is 0.387 e. The molecule has 0 amide bonds. The molecule has 2 heterocycles. The fraction of sp³-hybridized carbons (Fsp3) is 0.448. The fourth-order valence-electron chi connectivity index (χ4n) is 6.47. The molecule has 2 aromatic carbocycles. The van der Waals surface area contributed by atoms with E-state index in [1.807, 2.05) is 6.07 Å². The first-order valence-electron chi connectivity index (χ1n) is 13.3.